The molecule has 0 aromatic heterocycles. The molecule has 1 aromatic carbocycles. The first-order valence-electron chi connectivity index (χ1n) is 3.90. The second kappa shape index (κ2) is 4.91. The molecule has 0 radical (unpaired) electrons. The largest absolute Gasteiger partial charge is 0.478 e. The van der Waals surface area contributed by atoms with Crippen LogP contribution in [0.2, 0.25) is 0 Å². The molecule has 0 unspecified atom stereocenters. The molecular weight excluding hydrogens is 251 g/mol. The third-order valence-corrected chi connectivity index (χ3v) is 2.01. The van der Waals surface area contributed by atoms with Gasteiger partial charge in [-0.3, -0.25) is 0 Å². The van der Waals surface area contributed by atoms with Crippen molar-refractivity contribution in [2.24, 2.45) is 0 Å². The fraction of sp³-hybridized carbons (Fsp3) is 0.100. The van der Waals surface area contributed by atoms with Crippen molar-refractivity contribution >= 4 is 28.0 Å². The fourth-order valence-electron chi connectivity index (χ4n) is 1.03. The molecular formula is C10H8BrFO2. The number of benzene rings is 1. The van der Waals surface area contributed by atoms with Crippen LogP contribution in [-0.4, -0.2) is 16.4 Å². The molecule has 0 saturated carbocycles. The molecule has 74 valence electrons. The molecule has 0 aliphatic rings. The molecule has 0 heterocycles. The zero-order valence-electron chi connectivity index (χ0n) is 7.21. The first-order valence-corrected chi connectivity index (χ1v) is 5.02. The summed E-state index contributed by atoms with van der Waals surface area (Å²) in [6.07, 6.45) is 3.39. The maximum atomic E-state index is 12.7. The van der Waals surface area contributed by atoms with Crippen molar-refractivity contribution in [2.75, 3.05) is 5.33 Å². The van der Waals surface area contributed by atoms with Crippen LogP contribution in [0.15, 0.2) is 24.3 Å². The normalized spacial score (nSPS) is 10.7. The Hall–Kier alpha value is -1.16. The Morgan fingerprint density at radius 3 is 2.86 bits per heavy atom. The Morgan fingerprint density at radius 2 is 2.29 bits per heavy atom. The highest BCUT2D eigenvalue weighted by molar-refractivity contribution is 9.09. The molecule has 0 aliphatic heterocycles. The summed E-state index contributed by atoms with van der Waals surface area (Å²) in [7, 11) is 0. The molecule has 0 spiro atoms. The standard InChI is InChI=1S/C10H8BrFO2/c11-5-1-2-7-3-4-8(12)6-9(7)10(13)14/h1-4,6H,5H2,(H,13,14). The number of halogens is 2. The topological polar surface area (TPSA) is 37.3 Å². The van der Waals surface area contributed by atoms with E-state index in [1.807, 2.05) is 0 Å². The van der Waals surface area contributed by atoms with Crippen molar-refractivity contribution < 1.29 is 14.3 Å². The van der Waals surface area contributed by atoms with Gasteiger partial charge in [0.25, 0.3) is 0 Å². The summed E-state index contributed by atoms with van der Waals surface area (Å²) < 4.78 is 12.7. The average Bonchev–Trinajstić information content (AvgIpc) is 2.15. The average molecular weight is 259 g/mol. The SMILES string of the molecule is O=C(O)c1cc(F)ccc1C=CCBr. The number of hydrogen-bond donors (Lipinski definition) is 1. The van der Waals surface area contributed by atoms with Gasteiger partial charge in [0, 0.05) is 5.33 Å². The number of hydrogen-bond acceptors (Lipinski definition) is 1. The minimum atomic E-state index is -1.13. The van der Waals surface area contributed by atoms with Crippen molar-refractivity contribution in [3.05, 3.63) is 41.2 Å². The molecule has 0 amide bonds. The Balaban J connectivity index is 3.15. The van der Waals surface area contributed by atoms with Gasteiger partial charge in [0.15, 0.2) is 0 Å². The quantitative estimate of drug-likeness (QED) is 0.847. The molecule has 0 saturated heterocycles. The highest BCUT2D eigenvalue weighted by atomic mass is 79.9. The number of rotatable bonds is 3. The van der Waals surface area contributed by atoms with Gasteiger partial charge in [-0.2, -0.15) is 0 Å². The minimum absolute atomic E-state index is 0.0257. The van der Waals surface area contributed by atoms with E-state index in [9.17, 15) is 9.18 Å². The van der Waals surface area contributed by atoms with Crippen LogP contribution in [0.1, 0.15) is 15.9 Å². The second-order valence-corrected chi connectivity index (χ2v) is 3.24. The molecule has 4 heteroatoms. The molecule has 1 aromatic rings. The third kappa shape index (κ3) is 2.67. The molecule has 0 fully saturated rings. The van der Waals surface area contributed by atoms with Crippen molar-refractivity contribution in [1.29, 1.82) is 0 Å². The number of allylic oxidation sites excluding steroid dienone is 1. The summed E-state index contributed by atoms with van der Waals surface area (Å²) in [4.78, 5) is 10.7. The summed E-state index contributed by atoms with van der Waals surface area (Å²) in [5.41, 5.74) is 0.473. The summed E-state index contributed by atoms with van der Waals surface area (Å²) in [6.45, 7) is 0. The van der Waals surface area contributed by atoms with Gasteiger partial charge in [-0.05, 0) is 17.7 Å². The van der Waals surface area contributed by atoms with Crippen LogP contribution >= 0.6 is 15.9 Å². The fourth-order valence-corrected chi connectivity index (χ4v) is 1.22. The summed E-state index contributed by atoms with van der Waals surface area (Å²) in [6, 6.07) is 3.69. The number of alkyl halides is 1. The minimum Gasteiger partial charge on any atom is -0.478 e. The number of aromatic carboxylic acids is 1. The van der Waals surface area contributed by atoms with Crippen LogP contribution in [0.3, 0.4) is 0 Å². The highest BCUT2D eigenvalue weighted by Crippen LogP contribution is 2.13. The molecule has 0 aliphatic carbocycles. The van der Waals surface area contributed by atoms with E-state index in [4.69, 9.17) is 5.11 Å². The van der Waals surface area contributed by atoms with E-state index in [2.05, 4.69) is 15.9 Å². The lowest BCUT2D eigenvalue weighted by Crippen LogP contribution is -2.00. The molecule has 1 rings (SSSR count). The van der Waals surface area contributed by atoms with Gasteiger partial charge in [-0.15, -0.1) is 0 Å². The molecule has 0 bridgehead atoms. The van der Waals surface area contributed by atoms with Crippen LogP contribution < -0.4 is 0 Å². The van der Waals surface area contributed by atoms with Crippen molar-refractivity contribution in [3.63, 3.8) is 0 Å². The van der Waals surface area contributed by atoms with E-state index in [-0.39, 0.29) is 5.56 Å². The van der Waals surface area contributed by atoms with Crippen LogP contribution in [-0.2, 0) is 0 Å². The monoisotopic (exact) mass is 258 g/mol. The first kappa shape index (κ1) is 10.9. The predicted octanol–water partition coefficient (Wildman–Crippen LogP) is 2.93. The van der Waals surface area contributed by atoms with Gasteiger partial charge in [0.1, 0.15) is 5.82 Å². The number of carbonyl (C=O) groups is 1. The number of carboxylic acids is 1. The summed E-state index contributed by atoms with van der Waals surface area (Å²) >= 11 is 3.17. The van der Waals surface area contributed by atoms with Crippen molar-refractivity contribution in [1.82, 2.24) is 0 Å². The predicted molar refractivity (Wildman–Crippen MR) is 56.2 cm³/mol. The Labute approximate surface area is 89.2 Å². The Kier molecular flexibility index (Phi) is 3.83. The van der Waals surface area contributed by atoms with Crippen molar-refractivity contribution in [3.8, 4) is 0 Å². The zero-order chi connectivity index (χ0) is 10.6. The Morgan fingerprint density at radius 1 is 1.57 bits per heavy atom. The molecule has 0 atom stereocenters. The Bertz CT molecular complexity index is 374. The van der Waals surface area contributed by atoms with Gasteiger partial charge >= 0.3 is 5.97 Å². The van der Waals surface area contributed by atoms with Crippen molar-refractivity contribution in [2.45, 2.75) is 0 Å². The summed E-state index contributed by atoms with van der Waals surface area (Å²) in [5.74, 6) is -1.67. The smallest absolute Gasteiger partial charge is 0.336 e. The van der Waals surface area contributed by atoms with Crippen LogP contribution in [0, 0.1) is 5.82 Å². The van der Waals surface area contributed by atoms with Crippen LogP contribution in [0.4, 0.5) is 4.39 Å². The highest BCUT2D eigenvalue weighted by Gasteiger charge is 2.08. The number of carboxylic acid groups (broad SMARTS) is 1. The lowest BCUT2D eigenvalue weighted by atomic mass is 10.1. The lowest BCUT2D eigenvalue weighted by molar-refractivity contribution is 0.0696. The first-order chi connectivity index (χ1) is 6.65. The van der Waals surface area contributed by atoms with Gasteiger partial charge in [-0.1, -0.05) is 34.1 Å². The molecule has 2 nitrogen and oxygen atoms in total. The van der Waals surface area contributed by atoms with Crippen LogP contribution in [0.25, 0.3) is 6.08 Å². The maximum Gasteiger partial charge on any atom is 0.336 e. The zero-order valence-corrected chi connectivity index (χ0v) is 8.79. The van der Waals surface area contributed by atoms with E-state index in [1.165, 1.54) is 12.1 Å². The van der Waals surface area contributed by atoms with Gasteiger partial charge in [-0.25, -0.2) is 9.18 Å². The van der Waals surface area contributed by atoms with Gasteiger partial charge in [0.05, 0.1) is 5.56 Å². The maximum absolute atomic E-state index is 12.7. The lowest BCUT2D eigenvalue weighted by Gasteiger charge is -2.00. The van der Waals surface area contributed by atoms with E-state index in [0.29, 0.717) is 10.9 Å². The van der Waals surface area contributed by atoms with Gasteiger partial charge < -0.3 is 5.11 Å². The van der Waals surface area contributed by atoms with Crippen LogP contribution in [0.5, 0.6) is 0 Å². The second-order valence-electron chi connectivity index (χ2n) is 2.59. The van der Waals surface area contributed by atoms with E-state index in [1.54, 1.807) is 12.2 Å². The molecule has 1 N–H and O–H groups in total. The molecule has 14 heavy (non-hydrogen) atoms. The van der Waals surface area contributed by atoms with E-state index in [0.717, 1.165) is 6.07 Å². The van der Waals surface area contributed by atoms with E-state index >= 15 is 0 Å². The van der Waals surface area contributed by atoms with E-state index < -0.39 is 11.8 Å². The van der Waals surface area contributed by atoms with Gasteiger partial charge in [0.2, 0.25) is 0 Å². The third-order valence-electron chi connectivity index (χ3n) is 1.63. The summed E-state index contributed by atoms with van der Waals surface area (Å²) in [5, 5.41) is 9.41.